The highest BCUT2D eigenvalue weighted by molar-refractivity contribution is 4.86. The molecule has 0 aromatic rings. The highest BCUT2D eigenvalue weighted by Crippen LogP contribution is 2.30. The SMILES string of the molecule is C[C@@H](O)C1(O)CCCCC1. The van der Waals surface area contributed by atoms with Crippen molar-refractivity contribution in [2.75, 3.05) is 0 Å². The summed E-state index contributed by atoms with van der Waals surface area (Å²) in [6.07, 6.45) is 4.29. The summed E-state index contributed by atoms with van der Waals surface area (Å²) in [6.45, 7) is 1.67. The average molecular weight is 144 g/mol. The Labute approximate surface area is 61.9 Å². The van der Waals surface area contributed by atoms with Crippen LogP contribution in [0.25, 0.3) is 0 Å². The summed E-state index contributed by atoms with van der Waals surface area (Å²) in [5.74, 6) is 0. The van der Waals surface area contributed by atoms with E-state index in [2.05, 4.69) is 0 Å². The van der Waals surface area contributed by atoms with Gasteiger partial charge in [0, 0.05) is 0 Å². The fraction of sp³-hybridized carbons (Fsp3) is 1.00. The smallest absolute Gasteiger partial charge is 0.0902 e. The lowest BCUT2D eigenvalue weighted by atomic mass is 9.81. The molecule has 1 aliphatic rings. The molecule has 0 aliphatic heterocycles. The third kappa shape index (κ3) is 1.50. The molecule has 0 aromatic carbocycles. The maximum Gasteiger partial charge on any atom is 0.0902 e. The van der Waals surface area contributed by atoms with Crippen LogP contribution in [0.4, 0.5) is 0 Å². The highest BCUT2D eigenvalue weighted by Gasteiger charge is 2.33. The van der Waals surface area contributed by atoms with Gasteiger partial charge in [-0.1, -0.05) is 19.3 Å². The average Bonchev–Trinajstić information content (AvgIpc) is 1.89. The van der Waals surface area contributed by atoms with Gasteiger partial charge in [0.05, 0.1) is 11.7 Å². The second kappa shape index (κ2) is 2.89. The quantitative estimate of drug-likeness (QED) is 0.577. The van der Waals surface area contributed by atoms with Crippen LogP contribution in [-0.4, -0.2) is 21.9 Å². The Kier molecular flexibility index (Phi) is 2.32. The first-order chi connectivity index (χ1) is 4.65. The van der Waals surface area contributed by atoms with Crippen molar-refractivity contribution in [3.8, 4) is 0 Å². The first kappa shape index (κ1) is 8.02. The summed E-state index contributed by atoms with van der Waals surface area (Å²) in [5.41, 5.74) is -0.766. The van der Waals surface area contributed by atoms with Gasteiger partial charge < -0.3 is 10.2 Å². The van der Waals surface area contributed by atoms with Crippen molar-refractivity contribution < 1.29 is 10.2 Å². The van der Waals surface area contributed by atoms with Crippen molar-refractivity contribution in [1.82, 2.24) is 0 Å². The molecular weight excluding hydrogens is 128 g/mol. The fourth-order valence-corrected chi connectivity index (χ4v) is 1.58. The van der Waals surface area contributed by atoms with Crippen LogP contribution in [0.1, 0.15) is 39.0 Å². The topological polar surface area (TPSA) is 40.5 Å². The molecule has 1 rings (SSSR count). The van der Waals surface area contributed by atoms with E-state index < -0.39 is 11.7 Å². The number of rotatable bonds is 1. The van der Waals surface area contributed by atoms with Crippen molar-refractivity contribution in [3.63, 3.8) is 0 Å². The molecule has 0 bridgehead atoms. The molecule has 1 atom stereocenters. The van der Waals surface area contributed by atoms with Gasteiger partial charge in [-0.25, -0.2) is 0 Å². The van der Waals surface area contributed by atoms with Gasteiger partial charge in [0.15, 0.2) is 0 Å². The van der Waals surface area contributed by atoms with E-state index in [9.17, 15) is 10.2 Å². The Morgan fingerprint density at radius 3 is 2.00 bits per heavy atom. The Morgan fingerprint density at radius 1 is 1.20 bits per heavy atom. The molecule has 1 fully saturated rings. The zero-order chi connectivity index (χ0) is 7.61. The first-order valence-electron chi connectivity index (χ1n) is 4.05. The van der Waals surface area contributed by atoms with Gasteiger partial charge in [-0.2, -0.15) is 0 Å². The first-order valence-corrected chi connectivity index (χ1v) is 4.05. The number of aliphatic hydroxyl groups is 2. The molecule has 0 saturated heterocycles. The molecule has 0 unspecified atom stereocenters. The third-order valence-corrected chi connectivity index (χ3v) is 2.50. The monoisotopic (exact) mass is 144 g/mol. The Morgan fingerprint density at radius 2 is 1.70 bits per heavy atom. The van der Waals surface area contributed by atoms with Crippen molar-refractivity contribution in [2.24, 2.45) is 0 Å². The van der Waals surface area contributed by atoms with Gasteiger partial charge in [-0.15, -0.1) is 0 Å². The largest absolute Gasteiger partial charge is 0.390 e. The van der Waals surface area contributed by atoms with Gasteiger partial charge in [0.25, 0.3) is 0 Å². The van der Waals surface area contributed by atoms with Gasteiger partial charge in [0.1, 0.15) is 0 Å². The summed E-state index contributed by atoms with van der Waals surface area (Å²) < 4.78 is 0. The highest BCUT2D eigenvalue weighted by atomic mass is 16.3. The maximum atomic E-state index is 9.70. The molecule has 2 heteroatoms. The summed E-state index contributed by atoms with van der Waals surface area (Å²) in [4.78, 5) is 0. The molecule has 1 saturated carbocycles. The maximum absolute atomic E-state index is 9.70. The predicted octanol–water partition coefficient (Wildman–Crippen LogP) is 1.06. The number of hydrogen-bond acceptors (Lipinski definition) is 2. The predicted molar refractivity (Wildman–Crippen MR) is 39.7 cm³/mol. The molecule has 0 amide bonds. The van der Waals surface area contributed by atoms with E-state index in [1.54, 1.807) is 6.92 Å². The van der Waals surface area contributed by atoms with Crippen LogP contribution in [0, 0.1) is 0 Å². The molecule has 2 nitrogen and oxygen atoms in total. The molecule has 2 N–H and O–H groups in total. The van der Waals surface area contributed by atoms with Crippen LogP contribution in [-0.2, 0) is 0 Å². The fourth-order valence-electron chi connectivity index (χ4n) is 1.58. The molecule has 0 aromatic heterocycles. The van der Waals surface area contributed by atoms with Crippen molar-refractivity contribution in [3.05, 3.63) is 0 Å². The molecule has 1 aliphatic carbocycles. The molecule has 0 heterocycles. The van der Waals surface area contributed by atoms with Crippen LogP contribution < -0.4 is 0 Å². The minimum absolute atomic E-state index is 0.562. The molecule has 60 valence electrons. The van der Waals surface area contributed by atoms with E-state index in [-0.39, 0.29) is 0 Å². The van der Waals surface area contributed by atoms with Crippen LogP contribution >= 0.6 is 0 Å². The van der Waals surface area contributed by atoms with Crippen molar-refractivity contribution in [2.45, 2.75) is 50.7 Å². The Hall–Kier alpha value is -0.0800. The van der Waals surface area contributed by atoms with E-state index >= 15 is 0 Å². The lowest BCUT2D eigenvalue weighted by Gasteiger charge is -2.34. The van der Waals surface area contributed by atoms with Crippen LogP contribution in [0.5, 0.6) is 0 Å². The van der Waals surface area contributed by atoms with E-state index in [0.717, 1.165) is 25.7 Å². The van der Waals surface area contributed by atoms with Crippen LogP contribution in [0.15, 0.2) is 0 Å². The summed E-state index contributed by atoms with van der Waals surface area (Å²) >= 11 is 0. The summed E-state index contributed by atoms with van der Waals surface area (Å²) in [6, 6.07) is 0. The van der Waals surface area contributed by atoms with Gasteiger partial charge in [-0.3, -0.25) is 0 Å². The Bertz CT molecular complexity index is 104. The number of hydrogen-bond donors (Lipinski definition) is 2. The third-order valence-electron chi connectivity index (χ3n) is 2.50. The second-order valence-electron chi connectivity index (χ2n) is 3.34. The van der Waals surface area contributed by atoms with Crippen LogP contribution in [0.2, 0.25) is 0 Å². The summed E-state index contributed by atoms with van der Waals surface area (Å²) in [5, 5.41) is 18.9. The minimum atomic E-state index is -0.766. The normalized spacial score (nSPS) is 27.9. The van der Waals surface area contributed by atoms with Crippen LogP contribution in [0.3, 0.4) is 0 Å². The lowest BCUT2D eigenvalue weighted by Crippen LogP contribution is -2.42. The molecule has 10 heavy (non-hydrogen) atoms. The number of aliphatic hydroxyl groups excluding tert-OH is 1. The standard InChI is InChI=1S/C8H16O2/c1-7(9)8(10)5-3-2-4-6-8/h7,9-10H,2-6H2,1H3/t7-/m1/s1. The molecule has 0 spiro atoms. The van der Waals surface area contributed by atoms with E-state index in [1.165, 1.54) is 6.42 Å². The lowest BCUT2D eigenvalue weighted by molar-refractivity contribution is -0.0884. The molecular formula is C8H16O2. The van der Waals surface area contributed by atoms with E-state index in [4.69, 9.17) is 0 Å². The zero-order valence-electron chi connectivity index (χ0n) is 6.51. The van der Waals surface area contributed by atoms with E-state index in [1.807, 2.05) is 0 Å². The minimum Gasteiger partial charge on any atom is -0.390 e. The van der Waals surface area contributed by atoms with Gasteiger partial charge in [0.2, 0.25) is 0 Å². The van der Waals surface area contributed by atoms with Crippen molar-refractivity contribution in [1.29, 1.82) is 0 Å². The van der Waals surface area contributed by atoms with E-state index in [0.29, 0.717) is 0 Å². The van der Waals surface area contributed by atoms with Gasteiger partial charge >= 0.3 is 0 Å². The summed E-state index contributed by atoms with van der Waals surface area (Å²) in [7, 11) is 0. The van der Waals surface area contributed by atoms with Crippen molar-refractivity contribution >= 4 is 0 Å². The zero-order valence-corrected chi connectivity index (χ0v) is 6.51. The second-order valence-corrected chi connectivity index (χ2v) is 3.34. The molecule has 0 radical (unpaired) electrons. The van der Waals surface area contributed by atoms with Gasteiger partial charge in [-0.05, 0) is 19.8 Å². The Balaban J connectivity index is 2.48.